The molecule has 0 bridgehead atoms. The molecule has 2 aromatic carbocycles. The van der Waals surface area contributed by atoms with E-state index in [1.807, 2.05) is 30.3 Å². The van der Waals surface area contributed by atoms with Gasteiger partial charge in [0.2, 0.25) is 0 Å². The number of hydrogen-bond acceptors (Lipinski definition) is 6. The number of rotatable bonds is 8. The molecule has 1 amide bonds. The molecule has 7 nitrogen and oxygen atoms in total. The van der Waals surface area contributed by atoms with Crippen LogP contribution < -0.4 is 10.2 Å². The summed E-state index contributed by atoms with van der Waals surface area (Å²) < 4.78 is 5.14. The van der Waals surface area contributed by atoms with Crippen molar-refractivity contribution in [1.82, 2.24) is 5.43 Å². The molecule has 2 rings (SSSR count). The molecule has 0 fully saturated rings. The van der Waals surface area contributed by atoms with Crippen molar-refractivity contribution in [2.45, 2.75) is 17.9 Å². The molecule has 0 spiro atoms. The highest BCUT2D eigenvalue weighted by Crippen LogP contribution is 2.22. The Labute approximate surface area is 155 Å². The minimum absolute atomic E-state index is 0.0784. The second-order valence-electron chi connectivity index (χ2n) is 5.36. The lowest BCUT2D eigenvalue weighted by atomic mass is 10.2. The number of amides is 1. The molecule has 136 valence electrons. The smallest absolute Gasteiger partial charge is 0.270 e. The maximum atomic E-state index is 12.1. The van der Waals surface area contributed by atoms with Crippen molar-refractivity contribution < 1.29 is 14.5 Å². The molecule has 26 heavy (non-hydrogen) atoms. The summed E-state index contributed by atoms with van der Waals surface area (Å²) in [5.74, 6) is 0.907. The fourth-order valence-corrected chi connectivity index (χ4v) is 2.90. The minimum atomic E-state index is -0.502. The molecule has 0 aliphatic carbocycles. The van der Waals surface area contributed by atoms with Gasteiger partial charge in [0, 0.05) is 23.4 Å². The molecule has 2 aromatic rings. The Kier molecular flexibility index (Phi) is 7.16. The zero-order valence-corrected chi connectivity index (χ0v) is 15.2. The number of carbonyl (C=O) groups excluding carboxylic acids is 1. The normalized spacial score (nSPS) is 11.9. The number of non-ortho nitro benzene ring substituents is 1. The van der Waals surface area contributed by atoms with Crippen molar-refractivity contribution in [3.8, 4) is 5.75 Å². The summed E-state index contributed by atoms with van der Waals surface area (Å²) in [5, 5.41) is 14.5. The van der Waals surface area contributed by atoms with Gasteiger partial charge in [-0.15, -0.1) is 11.8 Å². The minimum Gasteiger partial charge on any atom is -0.496 e. The number of hydrazone groups is 1. The second-order valence-corrected chi connectivity index (χ2v) is 6.69. The van der Waals surface area contributed by atoms with Crippen LogP contribution in [0, 0.1) is 10.1 Å². The number of benzene rings is 2. The highest BCUT2D eigenvalue weighted by molar-refractivity contribution is 7.99. The Morgan fingerprint density at radius 1 is 1.35 bits per heavy atom. The van der Waals surface area contributed by atoms with E-state index in [0.717, 1.165) is 11.3 Å². The van der Waals surface area contributed by atoms with Crippen molar-refractivity contribution in [2.75, 3.05) is 7.11 Å². The molecule has 1 atom stereocenters. The third-order valence-corrected chi connectivity index (χ3v) is 4.73. The van der Waals surface area contributed by atoms with Crippen molar-refractivity contribution in [3.05, 3.63) is 69.8 Å². The molecule has 0 heterocycles. The Bertz CT molecular complexity index is 796. The Morgan fingerprint density at radius 3 is 2.73 bits per heavy atom. The maximum Gasteiger partial charge on any atom is 0.270 e. The maximum absolute atomic E-state index is 12.1. The van der Waals surface area contributed by atoms with Crippen molar-refractivity contribution >= 4 is 29.6 Å². The van der Waals surface area contributed by atoms with Crippen LogP contribution in [0.5, 0.6) is 5.75 Å². The highest BCUT2D eigenvalue weighted by Gasteiger charge is 2.13. The van der Waals surface area contributed by atoms with Crippen molar-refractivity contribution in [2.24, 2.45) is 5.10 Å². The van der Waals surface area contributed by atoms with Crippen LogP contribution in [0.3, 0.4) is 0 Å². The Morgan fingerprint density at radius 2 is 2.08 bits per heavy atom. The number of nitrogens with zero attached hydrogens (tertiary/aromatic N) is 2. The SMILES string of the molecule is COc1ccc([N+](=O)[O-])cc1/C=N\NC(=O)[C@@H](C)SCc1ccccc1. The highest BCUT2D eigenvalue weighted by atomic mass is 32.2. The molecule has 0 aliphatic rings. The fraction of sp³-hybridized carbons (Fsp3) is 0.222. The summed E-state index contributed by atoms with van der Waals surface area (Å²) in [6.45, 7) is 1.80. The van der Waals surface area contributed by atoms with E-state index in [1.165, 1.54) is 43.3 Å². The zero-order valence-electron chi connectivity index (χ0n) is 14.4. The molecular formula is C18H19N3O4S. The van der Waals surface area contributed by atoms with Gasteiger partial charge in [-0.25, -0.2) is 5.43 Å². The Balaban J connectivity index is 1.93. The van der Waals surface area contributed by atoms with Gasteiger partial charge in [0.25, 0.3) is 11.6 Å². The molecular weight excluding hydrogens is 354 g/mol. The van der Waals surface area contributed by atoms with Gasteiger partial charge in [0.05, 0.1) is 23.5 Å². The lowest BCUT2D eigenvalue weighted by Gasteiger charge is -2.09. The van der Waals surface area contributed by atoms with Gasteiger partial charge in [-0.2, -0.15) is 5.10 Å². The zero-order chi connectivity index (χ0) is 18.9. The number of thioether (sulfide) groups is 1. The van der Waals surface area contributed by atoms with Gasteiger partial charge in [-0.1, -0.05) is 30.3 Å². The summed E-state index contributed by atoms with van der Waals surface area (Å²) in [4.78, 5) is 22.5. The number of methoxy groups -OCH3 is 1. The van der Waals surface area contributed by atoms with E-state index in [1.54, 1.807) is 6.92 Å². The molecule has 1 N–H and O–H groups in total. The van der Waals surface area contributed by atoms with Crippen LogP contribution in [0.15, 0.2) is 53.6 Å². The quantitative estimate of drug-likeness (QED) is 0.435. The lowest BCUT2D eigenvalue weighted by Crippen LogP contribution is -2.27. The van der Waals surface area contributed by atoms with E-state index >= 15 is 0 Å². The second kappa shape index (κ2) is 9.57. The van der Waals surface area contributed by atoms with Gasteiger partial charge in [0.1, 0.15) is 5.75 Å². The number of hydrogen-bond donors (Lipinski definition) is 1. The lowest BCUT2D eigenvalue weighted by molar-refractivity contribution is -0.384. The van der Waals surface area contributed by atoms with E-state index in [0.29, 0.717) is 11.3 Å². The first-order valence-corrected chi connectivity index (χ1v) is 8.87. The summed E-state index contributed by atoms with van der Waals surface area (Å²) >= 11 is 1.50. The van der Waals surface area contributed by atoms with Gasteiger partial charge in [0.15, 0.2) is 0 Å². The first kappa shape index (κ1) is 19.5. The average molecular weight is 373 g/mol. The van der Waals surface area contributed by atoms with Gasteiger partial charge < -0.3 is 4.74 Å². The van der Waals surface area contributed by atoms with Crippen LogP contribution in [-0.2, 0) is 10.5 Å². The van der Waals surface area contributed by atoms with Crippen LogP contribution in [0.2, 0.25) is 0 Å². The molecule has 8 heteroatoms. The van der Waals surface area contributed by atoms with Crippen LogP contribution in [0.25, 0.3) is 0 Å². The molecule has 0 aromatic heterocycles. The summed E-state index contributed by atoms with van der Waals surface area (Å²) in [5.41, 5.74) is 3.92. The first-order chi connectivity index (χ1) is 12.5. The number of nitrogens with one attached hydrogen (secondary N) is 1. The Hall–Kier alpha value is -2.87. The topological polar surface area (TPSA) is 93.8 Å². The van der Waals surface area contributed by atoms with Crippen LogP contribution >= 0.6 is 11.8 Å². The average Bonchev–Trinajstić information content (AvgIpc) is 2.66. The fourth-order valence-electron chi connectivity index (χ4n) is 2.06. The number of nitro benzene ring substituents is 1. The standard InChI is InChI=1S/C18H19N3O4S/c1-13(26-12-14-6-4-3-5-7-14)18(22)20-19-11-15-10-16(21(23)24)8-9-17(15)25-2/h3-11,13H,12H2,1-2H3,(H,20,22)/b19-11-/t13-/m1/s1. The molecule has 0 saturated carbocycles. The first-order valence-electron chi connectivity index (χ1n) is 7.82. The van der Waals surface area contributed by atoms with E-state index in [-0.39, 0.29) is 16.8 Å². The molecule has 0 radical (unpaired) electrons. The number of nitro groups is 1. The molecule has 0 aliphatic heterocycles. The van der Waals surface area contributed by atoms with E-state index in [9.17, 15) is 14.9 Å². The van der Waals surface area contributed by atoms with Crippen LogP contribution in [0.4, 0.5) is 5.69 Å². The van der Waals surface area contributed by atoms with Crippen molar-refractivity contribution in [1.29, 1.82) is 0 Å². The van der Waals surface area contributed by atoms with E-state index < -0.39 is 4.92 Å². The summed E-state index contributed by atoms with van der Waals surface area (Å²) in [7, 11) is 1.46. The van der Waals surface area contributed by atoms with Crippen LogP contribution in [0.1, 0.15) is 18.1 Å². The summed E-state index contributed by atoms with van der Waals surface area (Å²) in [6, 6.07) is 14.0. The van der Waals surface area contributed by atoms with Crippen molar-refractivity contribution in [3.63, 3.8) is 0 Å². The van der Waals surface area contributed by atoms with E-state index in [4.69, 9.17) is 4.74 Å². The number of ether oxygens (including phenoxy) is 1. The third-order valence-electron chi connectivity index (χ3n) is 3.51. The monoisotopic (exact) mass is 373 g/mol. The summed E-state index contributed by atoms with van der Waals surface area (Å²) in [6.07, 6.45) is 1.33. The largest absolute Gasteiger partial charge is 0.496 e. The third kappa shape index (κ3) is 5.59. The predicted molar refractivity (Wildman–Crippen MR) is 103 cm³/mol. The molecule has 0 saturated heterocycles. The van der Waals surface area contributed by atoms with Gasteiger partial charge in [-0.05, 0) is 18.6 Å². The number of carbonyl (C=O) groups is 1. The van der Waals surface area contributed by atoms with Gasteiger partial charge in [-0.3, -0.25) is 14.9 Å². The molecule has 0 unspecified atom stereocenters. The predicted octanol–water partition coefficient (Wildman–Crippen LogP) is 3.38. The van der Waals surface area contributed by atoms with Crippen LogP contribution in [-0.4, -0.2) is 29.4 Å². The van der Waals surface area contributed by atoms with E-state index in [2.05, 4.69) is 10.5 Å². The van der Waals surface area contributed by atoms with Gasteiger partial charge >= 0.3 is 0 Å².